The fraction of sp³-hybridized carbons (Fsp3) is 0.0625. The number of rotatable bonds is 1. The summed E-state index contributed by atoms with van der Waals surface area (Å²) in [6, 6.07) is 13.6. The number of benzene rings is 2. The van der Waals surface area contributed by atoms with Crippen molar-refractivity contribution >= 4 is 45.7 Å². The van der Waals surface area contributed by atoms with Gasteiger partial charge in [-0.2, -0.15) is 0 Å². The third-order valence-corrected chi connectivity index (χ3v) is 4.36. The topological polar surface area (TPSA) is 12.9 Å². The molecule has 0 aliphatic heterocycles. The Kier molecular flexibility index (Phi) is 3.59. The molecule has 1 aromatic heterocycles. The van der Waals surface area contributed by atoms with Crippen LogP contribution in [0.25, 0.3) is 22.0 Å². The minimum atomic E-state index is 0.477. The molecule has 4 heteroatoms. The highest BCUT2D eigenvalue weighted by atomic mass is 35.5. The molecule has 0 N–H and O–H groups in total. The summed E-state index contributed by atoms with van der Waals surface area (Å²) >= 11 is 18.5. The van der Waals surface area contributed by atoms with Crippen molar-refractivity contribution in [3.63, 3.8) is 0 Å². The molecule has 2 aromatic carbocycles. The summed E-state index contributed by atoms with van der Waals surface area (Å²) in [6.45, 7) is 1.96. The molecule has 20 heavy (non-hydrogen) atoms. The van der Waals surface area contributed by atoms with Crippen molar-refractivity contribution < 1.29 is 0 Å². The Hall–Kier alpha value is -1.28. The van der Waals surface area contributed by atoms with Crippen molar-refractivity contribution in [3.8, 4) is 11.1 Å². The minimum Gasteiger partial charge on any atom is -0.236 e. The van der Waals surface area contributed by atoms with E-state index in [9.17, 15) is 0 Å². The first-order chi connectivity index (χ1) is 9.58. The summed E-state index contributed by atoms with van der Waals surface area (Å²) in [5, 5.41) is 2.42. The van der Waals surface area contributed by atoms with E-state index >= 15 is 0 Å². The van der Waals surface area contributed by atoms with Crippen LogP contribution >= 0.6 is 34.8 Å². The van der Waals surface area contributed by atoms with E-state index in [1.54, 1.807) is 6.07 Å². The highest BCUT2D eigenvalue weighted by Crippen LogP contribution is 2.37. The molecule has 3 rings (SSSR count). The zero-order valence-electron chi connectivity index (χ0n) is 10.6. The number of fused-ring (bicyclic) bond motifs is 1. The van der Waals surface area contributed by atoms with Crippen LogP contribution in [0.3, 0.4) is 0 Å². The smallest absolute Gasteiger partial charge is 0.133 e. The van der Waals surface area contributed by atoms with Gasteiger partial charge in [0.25, 0.3) is 0 Å². The molecule has 3 aromatic rings. The Morgan fingerprint density at radius 3 is 2.25 bits per heavy atom. The Morgan fingerprint density at radius 2 is 1.55 bits per heavy atom. The van der Waals surface area contributed by atoms with Gasteiger partial charge in [0.05, 0.1) is 15.6 Å². The third-order valence-electron chi connectivity index (χ3n) is 3.27. The SMILES string of the molecule is Cc1c(Cl)nc2cc(Cl)c(Cl)cc2c1-c1ccccc1. The maximum Gasteiger partial charge on any atom is 0.133 e. The molecule has 0 atom stereocenters. The van der Waals surface area contributed by atoms with E-state index in [1.165, 1.54) is 0 Å². The van der Waals surface area contributed by atoms with Gasteiger partial charge in [0.2, 0.25) is 0 Å². The predicted octanol–water partition coefficient (Wildman–Crippen LogP) is 6.17. The first-order valence-corrected chi connectivity index (χ1v) is 7.21. The van der Waals surface area contributed by atoms with Crippen LogP contribution in [0.1, 0.15) is 5.56 Å². The van der Waals surface area contributed by atoms with Crippen LogP contribution in [0, 0.1) is 6.92 Å². The van der Waals surface area contributed by atoms with Gasteiger partial charge in [0.15, 0.2) is 0 Å². The highest BCUT2D eigenvalue weighted by molar-refractivity contribution is 6.43. The van der Waals surface area contributed by atoms with Crippen LogP contribution in [0.4, 0.5) is 0 Å². The summed E-state index contributed by atoms with van der Waals surface area (Å²) in [5.74, 6) is 0. The third kappa shape index (κ3) is 2.26. The maximum atomic E-state index is 6.25. The van der Waals surface area contributed by atoms with Crippen LogP contribution < -0.4 is 0 Å². The van der Waals surface area contributed by atoms with Gasteiger partial charge in [-0.3, -0.25) is 0 Å². The van der Waals surface area contributed by atoms with Gasteiger partial charge in [-0.25, -0.2) is 4.98 Å². The van der Waals surface area contributed by atoms with Gasteiger partial charge >= 0.3 is 0 Å². The molecular formula is C16H10Cl3N. The molecule has 0 radical (unpaired) electrons. The molecule has 0 aliphatic carbocycles. The maximum absolute atomic E-state index is 6.25. The van der Waals surface area contributed by atoms with Gasteiger partial charge in [-0.05, 0) is 35.7 Å². The molecule has 100 valence electrons. The van der Waals surface area contributed by atoms with Gasteiger partial charge < -0.3 is 0 Å². The zero-order valence-corrected chi connectivity index (χ0v) is 12.9. The molecule has 1 heterocycles. The average Bonchev–Trinajstić information content (AvgIpc) is 2.44. The second-order valence-corrected chi connectivity index (χ2v) is 5.72. The fourth-order valence-electron chi connectivity index (χ4n) is 2.30. The van der Waals surface area contributed by atoms with Gasteiger partial charge in [-0.1, -0.05) is 65.1 Å². The van der Waals surface area contributed by atoms with E-state index in [4.69, 9.17) is 34.8 Å². The largest absolute Gasteiger partial charge is 0.236 e. The second-order valence-electron chi connectivity index (χ2n) is 4.55. The van der Waals surface area contributed by atoms with Crippen molar-refractivity contribution in [3.05, 3.63) is 63.2 Å². The predicted molar refractivity (Wildman–Crippen MR) is 86.9 cm³/mol. The first-order valence-electron chi connectivity index (χ1n) is 6.08. The Labute approximate surface area is 132 Å². The molecule has 0 bridgehead atoms. The minimum absolute atomic E-state index is 0.477. The number of hydrogen-bond acceptors (Lipinski definition) is 1. The lowest BCUT2D eigenvalue weighted by atomic mass is 9.97. The lowest BCUT2D eigenvalue weighted by molar-refractivity contribution is 1.33. The van der Waals surface area contributed by atoms with Crippen molar-refractivity contribution in [2.45, 2.75) is 6.92 Å². The summed E-state index contributed by atoms with van der Waals surface area (Å²) in [4.78, 5) is 4.39. The summed E-state index contributed by atoms with van der Waals surface area (Å²) in [6.07, 6.45) is 0. The van der Waals surface area contributed by atoms with Crippen LogP contribution in [0.5, 0.6) is 0 Å². The lowest BCUT2D eigenvalue weighted by Gasteiger charge is -2.12. The van der Waals surface area contributed by atoms with Crippen LogP contribution in [-0.4, -0.2) is 4.98 Å². The Balaban J connectivity index is 2.45. The molecule has 0 amide bonds. The summed E-state index contributed by atoms with van der Waals surface area (Å²) in [5.41, 5.74) is 3.80. The van der Waals surface area contributed by atoms with Gasteiger partial charge in [-0.15, -0.1) is 0 Å². The monoisotopic (exact) mass is 321 g/mol. The van der Waals surface area contributed by atoms with E-state index in [0.717, 1.165) is 27.6 Å². The first kappa shape index (κ1) is 13.7. The Bertz CT molecular complexity index is 793. The zero-order chi connectivity index (χ0) is 14.3. The summed E-state index contributed by atoms with van der Waals surface area (Å²) in [7, 11) is 0. The lowest BCUT2D eigenvalue weighted by Crippen LogP contribution is -1.92. The molecule has 0 saturated carbocycles. The van der Waals surface area contributed by atoms with Crippen LogP contribution in [0.15, 0.2) is 42.5 Å². The molecular weight excluding hydrogens is 313 g/mol. The number of pyridine rings is 1. The second kappa shape index (κ2) is 5.25. The molecule has 1 nitrogen and oxygen atoms in total. The van der Waals surface area contributed by atoms with Crippen molar-refractivity contribution in [1.82, 2.24) is 4.98 Å². The molecule has 0 spiro atoms. The number of aromatic nitrogens is 1. The van der Waals surface area contributed by atoms with E-state index in [1.807, 2.05) is 43.3 Å². The van der Waals surface area contributed by atoms with Gasteiger partial charge in [0, 0.05) is 5.39 Å². The van der Waals surface area contributed by atoms with Crippen molar-refractivity contribution in [2.24, 2.45) is 0 Å². The van der Waals surface area contributed by atoms with E-state index < -0.39 is 0 Å². The Morgan fingerprint density at radius 1 is 0.900 bits per heavy atom. The average molecular weight is 323 g/mol. The molecule has 0 saturated heterocycles. The van der Waals surface area contributed by atoms with Crippen LogP contribution in [0.2, 0.25) is 15.2 Å². The van der Waals surface area contributed by atoms with E-state index in [2.05, 4.69) is 4.98 Å². The van der Waals surface area contributed by atoms with E-state index in [-0.39, 0.29) is 0 Å². The highest BCUT2D eigenvalue weighted by Gasteiger charge is 2.14. The number of halogens is 3. The normalized spacial score (nSPS) is 11.0. The number of nitrogens with zero attached hydrogens (tertiary/aromatic N) is 1. The van der Waals surface area contributed by atoms with Crippen molar-refractivity contribution in [2.75, 3.05) is 0 Å². The number of hydrogen-bond donors (Lipinski definition) is 0. The fourth-order valence-corrected chi connectivity index (χ4v) is 2.81. The van der Waals surface area contributed by atoms with Gasteiger partial charge in [0.1, 0.15) is 5.15 Å². The molecule has 0 fully saturated rings. The quantitative estimate of drug-likeness (QED) is 0.488. The van der Waals surface area contributed by atoms with Crippen LogP contribution in [-0.2, 0) is 0 Å². The standard InChI is InChI=1S/C16H10Cl3N/c1-9-15(10-5-3-2-4-6-10)11-7-12(17)13(18)8-14(11)20-16(9)19/h2-8H,1H3. The van der Waals surface area contributed by atoms with E-state index in [0.29, 0.717) is 15.2 Å². The molecule has 0 aliphatic rings. The van der Waals surface area contributed by atoms with Crippen molar-refractivity contribution in [1.29, 1.82) is 0 Å². The summed E-state index contributed by atoms with van der Waals surface area (Å²) < 4.78 is 0. The molecule has 0 unspecified atom stereocenters.